The van der Waals surface area contributed by atoms with Gasteiger partial charge in [0.05, 0.1) is 0 Å². The van der Waals surface area contributed by atoms with Crippen LogP contribution in [0.2, 0.25) is 0 Å². The van der Waals surface area contributed by atoms with Crippen LogP contribution in [-0.4, -0.2) is 22.7 Å². The summed E-state index contributed by atoms with van der Waals surface area (Å²) in [4.78, 5) is 0. The van der Waals surface area contributed by atoms with Crippen LogP contribution in [0.5, 0.6) is 0 Å². The Balaban J connectivity index is 2.10. The van der Waals surface area contributed by atoms with E-state index in [-0.39, 0.29) is 6.61 Å². The van der Waals surface area contributed by atoms with E-state index < -0.39 is 0 Å². The molecule has 0 saturated carbocycles. The smallest absolute Gasteiger partial charge is 0.0465 e. The third-order valence-corrected chi connectivity index (χ3v) is 2.96. The summed E-state index contributed by atoms with van der Waals surface area (Å²) < 4.78 is 0. The Kier molecular flexibility index (Phi) is 3.91. The molecule has 58 valence electrons. The van der Waals surface area contributed by atoms with Gasteiger partial charge in [-0.05, 0) is 25.0 Å². The van der Waals surface area contributed by atoms with E-state index in [1.165, 1.54) is 18.6 Å². The highest BCUT2D eigenvalue weighted by Crippen LogP contribution is 2.26. The third kappa shape index (κ3) is 2.76. The van der Waals surface area contributed by atoms with Crippen molar-refractivity contribution >= 4 is 11.8 Å². The van der Waals surface area contributed by atoms with Crippen LogP contribution in [0.1, 0.15) is 19.3 Å². The molecule has 1 fully saturated rings. The molecule has 1 N–H and O–H groups in total. The summed E-state index contributed by atoms with van der Waals surface area (Å²) in [6.07, 6.45) is 7.82. The molecule has 1 heterocycles. The normalized spacial score (nSPS) is 26.3. The van der Waals surface area contributed by atoms with Gasteiger partial charge in [0.15, 0.2) is 0 Å². The van der Waals surface area contributed by atoms with Gasteiger partial charge >= 0.3 is 0 Å². The van der Waals surface area contributed by atoms with Gasteiger partial charge in [-0.15, -0.1) is 0 Å². The lowest BCUT2D eigenvalue weighted by Gasteiger charge is -1.97. The zero-order valence-corrected chi connectivity index (χ0v) is 6.94. The minimum atomic E-state index is 0.286. The van der Waals surface area contributed by atoms with E-state index in [2.05, 4.69) is 12.2 Å². The van der Waals surface area contributed by atoms with Gasteiger partial charge in [-0.25, -0.2) is 0 Å². The third-order valence-electron chi connectivity index (χ3n) is 1.61. The topological polar surface area (TPSA) is 20.2 Å². The average molecular weight is 158 g/mol. The lowest BCUT2D eigenvalue weighted by atomic mass is 10.2. The van der Waals surface area contributed by atoms with Gasteiger partial charge in [-0.3, -0.25) is 0 Å². The fourth-order valence-corrected chi connectivity index (χ4v) is 2.27. The first-order valence-corrected chi connectivity index (χ1v) is 4.87. The Morgan fingerprint density at radius 1 is 1.60 bits per heavy atom. The van der Waals surface area contributed by atoms with E-state index in [0.29, 0.717) is 0 Å². The van der Waals surface area contributed by atoms with Crippen LogP contribution in [0, 0.1) is 0 Å². The highest BCUT2D eigenvalue weighted by molar-refractivity contribution is 8.00. The largest absolute Gasteiger partial charge is 0.396 e. The molecule has 0 aromatic heterocycles. The van der Waals surface area contributed by atoms with E-state index in [9.17, 15) is 0 Å². The van der Waals surface area contributed by atoms with Crippen molar-refractivity contribution in [3.05, 3.63) is 12.2 Å². The zero-order chi connectivity index (χ0) is 7.23. The van der Waals surface area contributed by atoms with Crippen LogP contribution in [-0.2, 0) is 0 Å². The van der Waals surface area contributed by atoms with Gasteiger partial charge in [-0.2, -0.15) is 11.8 Å². The maximum Gasteiger partial charge on any atom is 0.0465 e. The highest BCUT2D eigenvalue weighted by Gasteiger charge is 2.10. The second-order valence-corrected chi connectivity index (χ2v) is 3.84. The lowest BCUT2D eigenvalue weighted by molar-refractivity contribution is 0.302. The van der Waals surface area contributed by atoms with E-state index in [0.717, 1.165) is 11.7 Å². The Bertz CT molecular complexity index is 106. The monoisotopic (exact) mass is 158 g/mol. The van der Waals surface area contributed by atoms with Gasteiger partial charge in [0.25, 0.3) is 0 Å². The summed E-state index contributed by atoms with van der Waals surface area (Å²) in [6, 6.07) is 0. The van der Waals surface area contributed by atoms with Gasteiger partial charge in [-0.1, -0.05) is 12.2 Å². The lowest BCUT2D eigenvalue weighted by Crippen LogP contribution is -1.89. The molecular formula is C8H14OS. The molecule has 1 unspecified atom stereocenters. The van der Waals surface area contributed by atoms with Crippen LogP contribution >= 0.6 is 11.8 Å². The molecular weight excluding hydrogens is 144 g/mol. The number of hydrogen-bond donors (Lipinski definition) is 1. The van der Waals surface area contributed by atoms with Crippen molar-refractivity contribution in [3.8, 4) is 0 Å². The van der Waals surface area contributed by atoms with Gasteiger partial charge < -0.3 is 5.11 Å². The predicted molar refractivity (Wildman–Crippen MR) is 46.3 cm³/mol. The van der Waals surface area contributed by atoms with E-state index >= 15 is 0 Å². The maximum absolute atomic E-state index is 8.48. The Hall–Kier alpha value is 0.0500. The SMILES string of the molecule is OCC/C=C\C1CCCS1. The quantitative estimate of drug-likeness (QED) is 0.632. The maximum atomic E-state index is 8.48. The van der Waals surface area contributed by atoms with Crippen molar-refractivity contribution in [3.63, 3.8) is 0 Å². The summed E-state index contributed by atoms with van der Waals surface area (Å²) in [6.45, 7) is 0.286. The van der Waals surface area contributed by atoms with E-state index in [1.807, 2.05) is 11.8 Å². The number of aliphatic hydroxyl groups is 1. The standard InChI is InChI=1S/C8H14OS/c9-6-2-1-4-8-5-3-7-10-8/h1,4,8-9H,2-3,5-7H2/b4-1-. The molecule has 1 rings (SSSR count). The molecule has 0 amide bonds. The number of rotatable bonds is 3. The minimum absolute atomic E-state index is 0.286. The summed E-state index contributed by atoms with van der Waals surface area (Å²) in [5, 5.41) is 9.22. The molecule has 1 nitrogen and oxygen atoms in total. The van der Waals surface area contributed by atoms with Crippen molar-refractivity contribution < 1.29 is 5.11 Å². The molecule has 0 spiro atoms. The second kappa shape index (κ2) is 4.80. The zero-order valence-electron chi connectivity index (χ0n) is 6.12. The molecule has 1 atom stereocenters. The summed E-state index contributed by atoms with van der Waals surface area (Å²) in [7, 11) is 0. The van der Waals surface area contributed by atoms with Gasteiger partial charge in [0.1, 0.15) is 0 Å². The summed E-state index contributed by atoms with van der Waals surface area (Å²) >= 11 is 2.02. The Labute approximate surface area is 66.5 Å². The highest BCUT2D eigenvalue weighted by atomic mass is 32.2. The predicted octanol–water partition coefficient (Wildman–Crippen LogP) is 1.82. The number of aliphatic hydroxyl groups excluding tert-OH is 1. The van der Waals surface area contributed by atoms with E-state index in [1.54, 1.807) is 0 Å². The van der Waals surface area contributed by atoms with Crippen LogP contribution in [0.3, 0.4) is 0 Å². The first-order chi connectivity index (χ1) is 4.93. The fourth-order valence-electron chi connectivity index (χ4n) is 1.08. The molecule has 0 aromatic carbocycles. The van der Waals surface area contributed by atoms with Crippen molar-refractivity contribution in [1.82, 2.24) is 0 Å². The first kappa shape index (κ1) is 8.15. The molecule has 0 bridgehead atoms. The van der Waals surface area contributed by atoms with Gasteiger partial charge in [0, 0.05) is 11.9 Å². The summed E-state index contributed by atoms with van der Waals surface area (Å²) in [5.74, 6) is 1.31. The van der Waals surface area contributed by atoms with Crippen LogP contribution in [0.4, 0.5) is 0 Å². The molecule has 2 heteroatoms. The van der Waals surface area contributed by atoms with E-state index in [4.69, 9.17) is 5.11 Å². The minimum Gasteiger partial charge on any atom is -0.396 e. The molecule has 0 aliphatic carbocycles. The first-order valence-electron chi connectivity index (χ1n) is 3.82. The summed E-state index contributed by atoms with van der Waals surface area (Å²) in [5.41, 5.74) is 0. The van der Waals surface area contributed by atoms with Crippen molar-refractivity contribution in [1.29, 1.82) is 0 Å². The molecule has 10 heavy (non-hydrogen) atoms. The molecule has 1 aliphatic rings. The Morgan fingerprint density at radius 2 is 2.50 bits per heavy atom. The molecule has 1 aliphatic heterocycles. The van der Waals surface area contributed by atoms with Crippen molar-refractivity contribution in [2.24, 2.45) is 0 Å². The van der Waals surface area contributed by atoms with Crippen molar-refractivity contribution in [2.75, 3.05) is 12.4 Å². The molecule has 0 radical (unpaired) electrons. The van der Waals surface area contributed by atoms with Crippen LogP contribution < -0.4 is 0 Å². The van der Waals surface area contributed by atoms with Gasteiger partial charge in [0.2, 0.25) is 0 Å². The molecule has 0 aromatic rings. The van der Waals surface area contributed by atoms with Crippen molar-refractivity contribution in [2.45, 2.75) is 24.5 Å². The molecule has 1 saturated heterocycles. The number of thioether (sulfide) groups is 1. The average Bonchev–Trinajstić information content (AvgIpc) is 2.41. The fraction of sp³-hybridized carbons (Fsp3) is 0.750. The van der Waals surface area contributed by atoms with Crippen LogP contribution in [0.15, 0.2) is 12.2 Å². The Morgan fingerprint density at radius 3 is 3.10 bits per heavy atom. The second-order valence-electron chi connectivity index (χ2n) is 2.49. The number of hydrogen-bond acceptors (Lipinski definition) is 2. The van der Waals surface area contributed by atoms with Crippen LogP contribution in [0.25, 0.3) is 0 Å².